The molecule has 0 aromatic carbocycles. The first-order valence-electron chi connectivity index (χ1n) is 6.97. The highest BCUT2D eigenvalue weighted by atomic mass is 35.5. The van der Waals surface area contributed by atoms with E-state index in [0.29, 0.717) is 0 Å². The number of aromatic nitrogens is 2. The van der Waals surface area contributed by atoms with E-state index in [1.165, 1.54) is 0 Å². The van der Waals surface area contributed by atoms with Gasteiger partial charge in [-0.25, -0.2) is 0 Å². The molecule has 2 aliphatic heterocycles. The fourth-order valence-corrected chi connectivity index (χ4v) is 2.69. The number of rotatable bonds is 3. The number of carbonyl (C=O) groups is 1. The van der Waals surface area contributed by atoms with Crippen LogP contribution in [-0.4, -0.2) is 47.9 Å². The molecule has 2 N–H and O–H groups in total. The van der Waals surface area contributed by atoms with Crippen molar-refractivity contribution < 1.29 is 4.79 Å². The molecule has 0 bridgehead atoms. The van der Waals surface area contributed by atoms with Crippen LogP contribution in [0.2, 0.25) is 0 Å². The Morgan fingerprint density at radius 2 is 2.30 bits per heavy atom. The molecule has 3 rings (SSSR count). The van der Waals surface area contributed by atoms with Gasteiger partial charge in [0.15, 0.2) is 0 Å². The van der Waals surface area contributed by atoms with E-state index in [9.17, 15) is 4.79 Å². The second kappa shape index (κ2) is 6.45. The van der Waals surface area contributed by atoms with Crippen molar-refractivity contribution in [3.05, 3.63) is 12.4 Å². The van der Waals surface area contributed by atoms with Crippen molar-refractivity contribution in [2.24, 2.45) is 13.0 Å². The molecule has 2 fully saturated rings. The van der Waals surface area contributed by atoms with Gasteiger partial charge in [0.2, 0.25) is 5.91 Å². The lowest BCUT2D eigenvalue weighted by atomic mass is 10.00. The molecular formula is C13H22ClN5O. The summed E-state index contributed by atoms with van der Waals surface area (Å²) < 4.78 is 1.82. The topological polar surface area (TPSA) is 62.2 Å². The molecule has 0 radical (unpaired) electrons. The van der Waals surface area contributed by atoms with Crippen molar-refractivity contribution in [1.82, 2.24) is 20.4 Å². The number of halogens is 1. The van der Waals surface area contributed by atoms with Crippen LogP contribution in [0, 0.1) is 5.92 Å². The lowest BCUT2D eigenvalue weighted by Crippen LogP contribution is -2.55. The van der Waals surface area contributed by atoms with Crippen molar-refractivity contribution in [3.8, 4) is 0 Å². The van der Waals surface area contributed by atoms with Crippen LogP contribution in [-0.2, 0) is 11.8 Å². The second-order valence-corrected chi connectivity index (χ2v) is 5.52. The maximum atomic E-state index is 12.0. The smallest absolute Gasteiger partial charge is 0.225 e. The van der Waals surface area contributed by atoms with E-state index in [-0.39, 0.29) is 30.3 Å². The highest BCUT2D eigenvalue weighted by Crippen LogP contribution is 2.19. The summed E-state index contributed by atoms with van der Waals surface area (Å²) in [7, 11) is 1.93. The molecular weight excluding hydrogens is 278 g/mol. The van der Waals surface area contributed by atoms with Crippen LogP contribution < -0.4 is 15.5 Å². The van der Waals surface area contributed by atoms with Crippen molar-refractivity contribution in [2.45, 2.75) is 18.9 Å². The number of hydrogen-bond donors (Lipinski definition) is 2. The maximum absolute atomic E-state index is 12.0. The Hall–Kier alpha value is -1.27. The zero-order chi connectivity index (χ0) is 13.2. The molecule has 0 spiro atoms. The fourth-order valence-electron chi connectivity index (χ4n) is 2.69. The number of anilines is 1. The van der Waals surface area contributed by atoms with Crippen LogP contribution in [0.1, 0.15) is 12.8 Å². The summed E-state index contributed by atoms with van der Waals surface area (Å²) in [6.07, 6.45) is 6.10. The van der Waals surface area contributed by atoms with Gasteiger partial charge in [0, 0.05) is 45.5 Å². The average Bonchev–Trinajstić information content (AvgIpc) is 2.74. The summed E-state index contributed by atoms with van der Waals surface area (Å²) in [6.45, 7) is 3.58. The number of nitrogens with one attached hydrogen (secondary N) is 2. The summed E-state index contributed by atoms with van der Waals surface area (Å²) in [4.78, 5) is 14.3. The van der Waals surface area contributed by atoms with E-state index in [1.807, 2.05) is 24.1 Å². The molecule has 1 atom stereocenters. The molecule has 112 valence electrons. The van der Waals surface area contributed by atoms with Crippen LogP contribution in [0.3, 0.4) is 0 Å². The molecule has 1 amide bonds. The van der Waals surface area contributed by atoms with Crippen LogP contribution in [0.25, 0.3) is 0 Å². The summed E-state index contributed by atoms with van der Waals surface area (Å²) >= 11 is 0. The van der Waals surface area contributed by atoms with E-state index < -0.39 is 0 Å². The van der Waals surface area contributed by atoms with Crippen molar-refractivity contribution in [3.63, 3.8) is 0 Å². The van der Waals surface area contributed by atoms with Gasteiger partial charge in [-0.05, 0) is 12.8 Å². The molecule has 6 nitrogen and oxygen atoms in total. The van der Waals surface area contributed by atoms with Gasteiger partial charge < -0.3 is 15.5 Å². The van der Waals surface area contributed by atoms with E-state index in [0.717, 1.165) is 44.7 Å². The van der Waals surface area contributed by atoms with Crippen LogP contribution in [0.4, 0.5) is 5.69 Å². The molecule has 1 aromatic rings. The average molecular weight is 300 g/mol. The van der Waals surface area contributed by atoms with Gasteiger partial charge >= 0.3 is 0 Å². The second-order valence-electron chi connectivity index (χ2n) is 5.52. The lowest BCUT2D eigenvalue weighted by Gasteiger charge is -2.35. The summed E-state index contributed by atoms with van der Waals surface area (Å²) in [6, 6.07) is 0.266. The number of hydrogen-bond acceptors (Lipinski definition) is 4. The van der Waals surface area contributed by atoms with Gasteiger partial charge in [0.05, 0.1) is 17.8 Å². The van der Waals surface area contributed by atoms with Gasteiger partial charge in [-0.3, -0.25) is 9.48 Å². The first-order chi connectivity index (χ1) is 9.22. The third-order valence-electron chi connectivity index (χ3n) is 3.98. The monoisotopic (exact) mass is 299 g/mol. The Balaban J connectivity index is 0.00000147. The summed E-state index contributed by atoms with van der Waals surface area (Å²) in [5.41, 5.74) is 1.15. The van der Waals surface area contributed by atoms with Gasteiger partial charge in [-0.15, -0.1) is 12.4 Å². The zero-order valence-corrected chi connectivity index (χ0v) is 12.5. The SMILES string of the molecule is Cl.Cn1cc(N2CCCC(NC(=O)C3CNC3)C2)cn1. The van der Waals surface area contributed by atoms with Crippen molar-refractivity contribution in [1.29, 1.82) is 0 Å². The van der Waals surface area contributed by atoms with Crippen molar-refractivity contribution in [2.75, 3.05) is 31.1 Å². The Labute approximate surface area is 125 Å². The van der Waals surface area contributed by atoms with E-state index in [4.69, 9.17) is 0 Å². The van der Waals surface area contributed by atoms with Gasteiger partial charge in [0.25, 0.3) is 0 Å². The molecule has 2 saturated heterocycles. The molecule has 1 aromatic heterocycles. The van der Waals surface area contributed by atoms with E-state index >= 15 is 0 Å². The highest BCUT2D eigenvalue weighted by molar-refractivity contribution is 5.85. The van der Waals surface area contributed by atoms with E-state index in [2.05, 4.69) is 20.6 Å². The zero-order valence-electron chi connectivity index (χ0n) is 11.7. The minimum absolute atomic E-state index is 0. The fraction of sp³-hybridized carbons (Fsp3) is 0.692. The first kappa shape index (κ1) is 15.1. The Bertz CT molecular complexity index is 459. The van der Waals surface area contributed by atoms with Crippen LogP contribution in [0.15, 0.2) is 12.4 Å². The minimum Gasteiger partial charge on any atom is -0.367 e. The molecule has 20 heavy (non-hydrogen) atoms. The van der Waals surface area contributed by atoms with Crippen molar-refractivity contribution >= 4 is 24.0 Å². The predicted octanol–water partition coefficient (Wildman–Crippen LogP) is 0.146. The molecule has 0 saturated carbocycles. The highest BCUT2D eigenvalue weighted by Gasteiger charge is 2.28. The van der Waals surface area contributed by atoms with Crippen LogP contribution in [0.5, 0.6) is 0 Å². The van der Waals surface area contributed by atoms with E-state index in [1.54, 1.807) is 0 Å². The molecule has 3 heterocycles. The number of carbonyl (C=O) groups excluding carboxylic acids is 1. The largest absolute Gasteiger partial charge is 0.367 e. The Kier molecular flexibility index (Phi) is 4.88. The molecule has 0 aliphatic carbocycles. The number of piperidine rings is 1. The lowest BCUT2D eigenvalue weighted by molar-refractivity contribution is -0.127. The van der Waals surface area contributed by atoms with Crippen LogP contribution >= 0.6 is 12.4 Å². The molecule has 2 aliphatic rings. The van der Waals surface area contributed by atoms with Gasteiger partial charge in [0.1, 0.15) is 0 Å². The maximum Gasteiger partial charge on any atom is 0.225 e. The Morgan fingerprint density at radius 1 is 1.50 bits per heavy atom. The number of nitrogens with zero attached hydrogens (tertiary/aromatic N) is 3. The normalized spacial score (nSPS) is 22.9. The molecule has 7 heteroatoms. The Morgan fingerprint density at radius 3 is 2.90 bits per heavy atom. The first-order valence-corrected chi connectivity index (χ1v) is 6.97. The molecule has 1 unspecified atom stereocenters. The summed E-state index contributed by atoms with van der Waals surface area (Å²) in [5.74, 6) is 0.380. The van der Waals surface area contributed by atoms with Gasteiger partial charge in [-0.1, -0.05) is 0 Å². The predicted molar refractivity (Wildman–Crippen MR) is 80.2 cm³/mol. The van der Waals surface area contributed by atoms with Gasteiger partial charge in [-0.2, -0.15) is 5.10 Å². The minimum atomic E-state index is 0. The third kappa shape index (κ3) is 3.24. The quantitative estimate of drug-likeness (QED) is 0.834. The number of aryl methyl sites for hydroxylation is 1. The standard InChI is InChI=1S/C13H21N5O.ClH/c1-17-9-12(7-15-17)18-4-2-3-11(8-18)16-13(19)10-5-14-6-10;/h7,9-11,14H,2-6,8H2,1H3,(H,16,19);1H. The third-order valence-corrected chi connectivity index (χ3v) is 3.98. The number of amides is 1. The summed E-state index contributed by atoms with van der Waals surface area (Å²) in [5, 5.41) is 10.5.